The summed E-state index contributed by atoms with van der Waals surface area (Å²) in [6, 6.07) is 6.57. The van der Waals surface area contributed by atoms with Gasteiger partial charge in [-0.2, -0.15) is 0 Å². The number of nitrogen functional groups attached to an aromatic ring is 1. The van der Waals surface area contributed by atoms with Crippen LogP contribution < -0.4 is 5.73 Å². The molecule has 2 rings (SSSR count). The zero-order valence-corrected chi connectivity index (χ0v) is 11.3. The first-order valence-electron chi connectivity index (χ1n) is 6.05. The number of hydrogen-bond acceptors (Lipinski definition) is 2. The minimum Gasteiger partial charge on any atom is -0.369 e. The number of hydrogen-bond donors (Lipinski definition) is 1. The lowest BCUT2D eigenvalue weighted by molar-refractivity contribution is 0.270. The van der Waals surface area contributed by atoms with Crippen molar-refractivity contribution in [3.05, 3.63) is 23.8 Å². The summed E-state index contributed by atoms with van der Waals surface area (Å²) in [4.78, 5) is 4.43. The second-order valence-electron chi connectivity index (χ2n) is 5.87. The molecule has 1 aromatic heterocycles. The topological polar surface area (TPSA) is 43.8 Å². The van der Waals surface area contributed by atoms with Gasteiger partial charge < -0.3 is 10.3 Å². The van der Waals surface area contributed by atoms with Crippen LogP contribution in [0, 0.1) is 12.3 Å². The van der Waals surface area contributed by atoms with Gasteiger partial charge in [0.1, 0.15) is 0 Å². The zero-order valence-electron chi connectivity index (χ0n) is 11.3. The van der Waals surface area contributed by atoms with E-state index in [0.29, 0.717) is 12.0 Å². The molecule has 0 saturated heterocycles. The number of rotatable bonds is 1. The first kappa shape index (κ1) is 12.0. The van der Waals surface area contributed by atoms with Crippen molar-refractivity contribution in [2.75, 3.05) is 5.73 Å². The highest BCUT2D eigenvalue weighted by molar-refractivity contribution is 5.79. The lowest BCUT2D eigenvalue weighted by atomic mass is 9.88. The number of nitrogens with two attached hydrogens (primary N) is 1. The maximum Gasteiger partial charge on any atom is 0.201 e. The van der Waals surface area contributed by atoms with Crippen LogP contribution in [0.5, 0.6) is 0 Å². The largest absolute Gasteiger partial charge is 0.369 e. The van der Waals surface area contributed by atoms with E-state index in [2.05, 4.69) is 56.3 Å². The molecular weight excluding hydrogens is 210 g/mol. The lowest BCUT2D eigenvalue weighted by Crippen LogP contribution is -2.22. The molecule has 0 radical (unpaired) electrons. The Morgan fingerprint density at radius 2 is 1.94 bits per heavy atom. The highest BCUT2D eigenvalue weighted by atomic mass is 15.2. The monoisotopic (exact) mass is 231 g/mol. The van der Waals surface area contributed by atoms with Crippen LogP contribution in [0.3, 0.4) is 0 Å². The predicted octanol–water partition coefficient (Wildman–Crippen LogP) is 3.53. The number of imidazole rings is 1. The molecule has 1 heterocycles. The average molecular weight is 231 g/mol. The molecule has 0 bridgehead atoms. The van der Waals surface area contributed by atoms with Crippen molar-refractivity contribution in [2.24, 2.45) is 5.41 Å². The van der Waals surface area contributed by atoms with Crippen molar-refractivity contribution in [1.82, 2.24) is 9.55 Å². The molecule has 92 valence electrons. The summed E-state index contributed by atoms with van der Waals surface area (Å²) in [5.74, 6) is 0.605. The van der Waals surface area contributed by atoms with Gasteiger partial charge in [-0.05, 0) is 37.0 Å². The molecule has 0 saturated carbocycles. The summed E-state index contributed by atoms with van der Waals surface area (Å²) in [5.41, 5.74) is 9.55. The fourth-order valence-electron chi connectivity index (χ4n) is 2.02. The molecule has 0 amide bonds. The standard InChI is InChI=1S/C14H21N3/c1-9-6-7-11-12(8-9)17(13(15)16-11)10(2)14(3,4)5/h6-8,10H,1-5H3,(H2,15,16). The molecule has 3 heteroatoms. The van der Waals surface area contributed by atoms with E-state index >= 15 is 0 Å². The number of aryl methyl sites for hydroxylation is 1. The number of aromatic nitrogens is 2. The average Bonchev–Trinajstić information content (AvgIpc) is 2.51. The van der Waals surface area contributed by atoms with Crippen LogP contribution in [0.1, 0.15) is 39.3 Å². The van der Waals surface area contributed by atoms with Crippen LogP contribution in [-0.4, -0.2) is 9.55 Å². The van der Waals surface area contributed by atoms with Crippen molar-refractivity contribution in [2.45, 2.75) is 40.7 Å². The predicted molar refractivity (Wildman–Crippen MR) is 73.0 cm³/mol. The molecule has 1 unspecified atom stereocenters. The molecular formula is C14H21N3. The second-order valence-corrected chi connectivity index (χ2v) is 5.87. The van der Waals surface area contributed by atoms with Gasteiger partial charge in [0.2, 0.25) is 5.95 Å². The van der Waals surface area contributed by atoms with Crippen molar-refractivity contribution in [3.8, 4) is 0 Å². The van der Waals surface area contributed by atoms with Crippen molar-refractivity contribution in [3.63, 3.8) is 0 Å². The van der Waals surface area contributed by atoms with Crippen LogP contribution in [0.4, 0.5) is 5.95 Å². The summed E-state index contributed by atoms with van der Waals surface area (Å²) < 4.78 is 2.14. The van der Waals surface area contributed by atoms with Gasteiger partial charge >= 0.3 is 0 Å². The second kappa shape index (κ2) is 3.76. The molecule has 3 nitrogen and oxygen atoms in total. The lowest BCUT2D eigenvalue weighted by Gasteiger charge is -2.29. The quantitative estimate of drug-likeness (QED) is 0.816. The number of anilines is 1. The molecule has 0 fully saturated rings. The van der Waals surface area contributed by atoms with E-state index in [1.807, 2.05) is 6.07 Å². The highest BCUT2D eigenvalue weighted by Crippen LogP contribution is 2.34. The molecule has 1 aromatic carbocycles. The first-order valence-corrected chi connectivity index (χ1v) is 6.05. The SMILES string of the molecule is Cc1ccc2nc(N)n(C(C)C(C)(C)C)c2c1. The molecule has 0 spiro atoms. The Labute approximate surface area is 103 Å². The minimum absolute atomic E-state index is 0.158. The third kappa shape index (κ3) is 2.02. The van der Waals surface area contributed by atoms with E-state index in [0.717, 1.165) is 11.0 Å². The molecule has 2 N–H and O–H groups in total. The van der Waals surface area contributed by atoms with Gasteiger partial charge in [0, 0.05) is 6.04 Å². The van der Waals surface area contributed by atoms with Crippen LogP contribution in [0.25, 0.3) is 11.0 Å². The Morgan fingerprint density at radius 3 is 2.53 bits per heavy atom. The van der Waals surface area contributed by atoms with E-state index < -0.39 is 0 Å². The number of fused-ring (bicyclic) bond motifs is 1. The van der Waals surface area contributed by atoms with Crippen molar-refractivity contribution < 1.29 is 0 Å². The van der Waals surface area contributed by atoms with Gasteiger partial charge in [-0.15, -0.1) is 0 Å². The first-order chi connectivity index (χ1) is 7.80. The summed E-state index contributed by atoms with van der Waals surface area (Å²) in [6.45, 7) is 10.9. The van der Waals surface area contributed by atoms with E-state index in [1.54, 1.807) is 0 Å². The summed E-state index contributed by atoms with van der Waals surface area (Å²) in [6.07, 6.45) is 0. The Bertz CT molecular complexity index is 546. The van der Waals surface area contributed by atoms with Gasteiger partial charge in [0.05, 0.1) is 11.0 Å². The van der Waals surface area contributed by atoms with Gasteiger partial charge in [0.25, 0.3) is 0 Å². The van der Waals surface area contributed by atoms with Crippen molar-refractivity contribution >= 4 is 17.0 Å². The molecule has 17 heavy (non-hydrogen) atoms. The fraction of sp³-hybridized carbons (Fsp3) is 0.500. The van der Waals surface area contributed by atoms with Crippen LogP contribution in [0.15, 0.2) is 18.2 Å². The van der Waals surface area contributed by atoms with Gasteiger partial charge in [0.15, 0.2) is 0 Å². The zero-order chi connectivity index (χ0) is 12.8. The normalized spacial score (nSPS) is 14.2. The van der Waals surface area contributed by atoms with E-state index in [9.17, 15) is 0 Å². The van der Waals surface area contributed by atoms with Gasteiger partial charge in [-0.1, -0.05) is 26.8 Å². The summed E-state index contributed by atoms with van der Waals surface area (Å²) in [7, 11) is 0. The van der Waals surface area contributed by atoms with E-state index in [-0.39, 0.29) is 5.41 Å². The van der Waals surface area contributed by atoms with E-state index in [1.165, 1.54) is 5.56 Å². The van der Waals surface area contributed by atoms with Crippen LogP contribution in [0.2, 0.25) is 0 Å². The maximum absolute atomic E-state index is 6.05. The molecule has 2 aromatic rings. The number of nitrogens with zero attached hydrogens (tertiary/aromatic N) is 2. The Morgan fingerprint density at radius 1 is 1.29 bits per heavy atom. The maximum atomic E-state index is 6.05. The van der Waals surface area contributed by atoms with Crippen LogP contribution >= 0.6 is 0 Å². The van der Waals surface area contributed by atoms with E-state index in [4.69, 9.17) is 5.73 Å². The summed E-state index contributed by atoms with van der Waals surface area (Å²) >= 11 is 0. The molecule has 1 atom stereocenters. The Kier molecular flexibility index (Phi) is 2.64. The summed E-state index contributed by atoms with van der Waals surface area (Å²) in [5, 5.41) is 0. The van der Waals surface area contributed by atoms with Gasteiger partial charge in [-0.25, -0.2) is 4.98 Å². The smallest absolute Gasteiger partial charge is 0.201 e. The molecule has 0 aliphatic rings. The Hall–Kier alpha value is -1.51. The van der Waals surface area contributed by atoms with Crippen molar-refractivity contribution in [1.29, 1.82) is 0 Å². The van der Waals surface area contributed by atoms with Crippen LogP contribution in [-0.2, 0) is 0 Å². The molecule has 0 aliphatic carbocycles. The Balaban J connectivity index is 2.68. The third-order valence-electron chi connectivity index (χ3n) is 3.51. The minimum atomic E-state index is 0.158. The highest BCUT2D eigenvalue weighted by Gasteiger charge is 2.25. The number of benzene rings is 1. The fourth-order valence-corrected chi connectivity index (χ4v) is 2.02. The van der Waals surface area contributed by atoms with Gasteiger partial charge in [-0.3, -0.25) is 0 Å². The molecule has 0 aliphatic heterocycles. The third-order valence-corrected chi connectivity index (χ3v) is 3.51.